The highest BCUT2D eigenvalue weighted by Gasteiger charge is 2.19. The van der Waals surface area contributed by atoms with Gasteiger partial charge in [-0.25, -0.2) is 0 Å². The quantitative estimate of drug-likeness (QED) is 0.631. The first-order valence-electron chi connectivity index (χ1n) is 6.76. The lowest BCUT2D eigenvalue weighted by molar-refractivity contribution is 0.174. The van der Waals surface area contributed by atoms with Crippen molar-refractivity contribution in [1.82, 2.24) is 0 Å². The zero-order valence-corrected chi connectivity index (χ0v) is 13.8. The van der Waals surface area contributed by atoms with Crippen molar-refractivity contribution in [1.29, 1.82) is 0 Å². The van der Waals surface area contributed by atoms with Crippen LogP contribution in [0.2, 0.25) is 0 Å². The van der Waals surface area contributed by atoms with E-state index in [1.807, 2.05) is 30.3 Å². The molecule has 4 rings (SSSR count). The molecule has 0 amide bonds. The predicted octanol–water partition coefficient (Wildman–Crippen LogP) is 4.22. The minimum absolute atomic E-state index is 0.245. The molecule has 0 unspecified atom stereocenters. The van der Waals surface area contributed by atoms with Crippen molar-refractivity contribution in [2.24, 2.45) is 4.99 Å². The summed E-state index contributed by atoms with van der Waals surface area (Å²) >= 11 is 8.72. The molecule has 0 radical (unpaired) electrons. The van der Waals surface area contributed by atoms with Gasteiger partial charge in [-0.05, 0) is 51.8 Å². The molecule has 1 N–H and O–H groups in total. The first kappa shape index (κ1) is 13.7. The molecule has 0 saturated heterocycles. The summed E-state index contributed by atoms with van der Waals surface area (Å²) in [7, 11) is 0. The number of halogens is 1. The predicted molar refractivity (Wildman–Crippen MR) is 93.9 cm³/mol. The van der Waals surface area contributed by atoms with Crippen LogP contribution in [0.15, 0.2) is 39.8 Å². The first-order valence-corrected chi connectivity index (χ1v) is 7.96. The fourth-order valence-corrected chi connectivity index (χ4v) is 3.21. The maximum absolute atomic E-state index is 5.52. The summed E-state index contributed by atoms with van der Waals surface area (Å²) in [5, 5.41) is 3.18. The van der Waals surface area contributed by atoms with Gasteiger partial charge in [0.2, 0.25) is 6.79 Å². The Kier molecular flexibility index (Phi) is 3.35. The van der Waals surface area contributed by atoms with Crippen LogP contribution >= 0.6 is 28.1 Å². The summed E-state index contributed by atoms with van der Waals surface area (Å²) in [6.45, 7) is 0.245. The van der Waals surface area contributed by atoms with E-state index in [1.54, 1.807) is 6.21 Å². The van der Waals surface area contributed by atoms with Gasteiger partial charge >= 0.3 is 0 Å². The average molecular weight is 375 g/mol. The third kappa shape index (κ3) is 2.38. The number of rotatable bonds is 2. The van der Waals surface area contributed by atoms with E-state index in [0.717, 1.165) is 44.3 Å². The number of thiocarbonyl (C=S) groups is 1. The van der Waals surface area contributed by atoms with Gasteiger partial charge in [-0.1, -0.05) is 12.2 Å². The molecule has 0 fully saturated rings. The van der Waals surface area contributed by atoms with Crippen LogP contribution in [0.4, 0.5) is 11.4 Å². The summed E-state index contributed by atoms with van der Waals surface area (Å²) in [5.41, 5.74) is 4.01. The Morgan fingerprint density at radius 1 is 1.23 bits per heavy atom. The molecule has 2 aliphatic rings. The van der Waals surface area contributed by atoms with E-state index in [0.29, 0.717) is 0 Å². The topological polar surface area (TPSA) is 42.9 Å². The van der Waals surface area contributed by atoms with E-state index in [1.165, 1.54) is 5.56 Å². The number of anilines is 1. The van der Waals surface area contributed by atoms with E-state index in [-0.39, 0.29) is 6.79 Å². The minimum Gasteiger partial charge on any atom is -0.454 e. The first-order chi connectivity index (χ1) is 10.7. The van der Waals surface area contributed by atoms with Crippen LogP contribution in [-0.4, -0.2) is 18.0 Å². The number of ether oxygens (including phenoxy) is 2. The molecule has 2 aliphatic heterocycles. The molecule has 0 aliphatic carbocycles. The van der Waals surface area contributed by atoms with Crippen molar-refractivity contribution in [2.45, 2.75) is 6.42 Å². The van der Waals surface area contributed by atoms with Crippen molar-refractivity contribution in [3.05, 3.63) is 45.9 Å². The van der Waals surface area contributed by atoms with Gasteiger partial charge < -0.3 is 14.8 Å². The van der Waals surface area contributed by atoms with Crippen LogP contribution < -0.4 is 14.8 Å². The number of hydrogen-bond acceptors (Lipinski definition) is 4. The second kappa shape index (κ2) is 5.37. The highest BCUT2D eigenvalue weighted by atomic mass is 79.9. The molecule has 2 aromatic carbocycles. The molecule has 4 nitrogen and oxygen atoms in total. The van der Waals surface area contributed by atoms with Crippen molar-refractivity contribution in [3.63, 3.8) is 0 Å². The summed E-state index contributed by atoms with van der Waals surface area (Å²) in [5.74, 6) is 1.47. The standard InChI is InChI=1S/C16H11BrN2O2S/c17-12-2-4-14-16(21-8-20-14)11(12)7-18-10-1-3-13-9(5-10)6-15(22)19-13/h1-5,7H,6,8H2,(H,19,22). The van der Waals surface area contributed by atoms with Gasteiger partial charge in [0.25, 0.3) is 0 Å². The smallest absolute Gasteiger partial charge is 0.231 e. The summed E-state index contributed by atoms with van der Waals surface area (Å²) in [6, 6.07) is 9.83. The van der Waals surface area contributed by atoms with Gasteiger partial charge in [-0.15, -0.1) is 0 Å². The molecule has 0 bridgehead atoms. The van der Waals surface area contributed by atoms with Crippen LogP contribution in [0.25, 0.3) is 0 Å². The normalized spacial score (nSPS) is 15.2. The second-order valence-electron chi connectivity index (χ2n) is 5.02. The van der Waals surface area contributed by atoms with E-state index >= 15 is 0 Å². The lowest BCUT2D eigenvalue weighted by Crippen LogP contribution is -2.00. The number of hydrogen-bond donors (Lipinski definition) is 1. The van der Waals surface area contributed by atoms with E-state index in [4.69, 9.17) is 21.7 Å². The van der Waals surface area contributed by atoms with Crippen LogP contribution in [0.3, 0.4) is 0 Å². The second-order valence-corrected chi connectivity index (χ2v) is 6.37. The number of benzene rings is 2. The number of nitrogens with one attached hydrogen (secondary N) is 1. The molecule has 2 heterocycles. The van der Waals surface area contributed by atoms with Gasteiger partial charge in [0.15, 0.2) is 11.5 Å². The van der Waals surface area contributed by atoms with Crippen LogP contribution in [0.1, 0.15) is 11.1 Å². The Morgan fingerprint density at radius 3 is 3.05 bits per heavy atom. The van der Waals surface area contributed by atoms with Crippen molar-refractivity contribution >= 4 is 50.7 Å². The Hall–Kier alpha value is -1.92. The Balaban J connectivity index is 1.67. The number of fused-ring (bicyclic) bond motifs is 2. The van der Waals surface area contributed by atoms with E-state index in [2.05, 4.69) is 26.2 Å². The zero-order chi connectivity index (χ0) is 15.1. The average Bonchev–Trinajstić information content (AvgIpc) is 3.10. The highest BCUT2D eigenvalue weighted by molar-refractivity contribution is 9.10. The fraction of sp³-hybridized carbons (Fsp3) is 0.125. The van der Waals surface area contributed by atoms with Crippen molar-refractivity contribution in [2.75, 3.05) is 12.1 Å². The monoisotopic (exact) mass is 374 g/mol. The van der Waals surface area contributed by atoms with Crippen molar-refractivity contribution < 1.29 is 9.47 Å². The third-order valence-electron chi connectivity index (χ3n) is 3.58. The van der Waals surface area contributed by atoms with Crippen LogP contribution in [-0.2, 0) is 6.42 Å². The van der Waals surface area contributed by atoms with Crippen molar-refractivity contribution in [3.8, 4) is 11.5 Å². The summed E-state index contributed by atoms with van der Waals surface area (Å²) in [4.78, 5) is 5.41. The van der Waals surface area contributed by atoms with Gasteiger partial charge in [0.1, 0.15) is 0 Å². The van der Waals surface area contributed by atoms with E-state index < -0.39 is 0 Å². The van der Waals surface area contributed by atoms with E-state index in [9.17, 15) is 0 Å². The van der Waals surface area contributed by atoms with Gasteiger partial charge in [-0.3, -0.25) is 4.99 Å². The minimum atomic E-state index is 0.245. The van der Waals surface area contributed by atoms with Gasteiger partial charge in [0.05, 0.1) is 16.2 Å². The largest absolute Gasteiger partial charge is 0.454 e. The molecule has 22 heavy (non-hydrogen) atoms. The number of nitrogens with zero attached hydrogens (tertiary/aromatic N) is 1. The number of aliphatic imine (C=N–C) groups is 1. The molecule has 110 valence electrons. The maximum Gasteiger partial charge on any atom is 0.231 e. The summed E-state index contributed by atoms with van der Waals surface area (Å²) in [6.07, 6.45) is 2.56. The molecule has 0 aromatic heterocycles. The van der Waals surface area contributed by atoms with Gasteiger partial charge in [-0.2, -0.15) is 0 Å². The molecule has 6 heteroatoms. The van der Waals surface area contributed by atoms with Gasteiger partial charge in [0, 0.05) is 22.8 Å². The SMILES string of the molecule is S=C1Cc2cc(N=Cc3c(Br)ccc4c3OCO4)ccc2N1. The molecule has 2 aromatic rings. The van der Waals surface area contributed by atoms with Crippen LogP contribution in [0, 0.1) is 0 Å². The third-order valence-corrected chi connectivity index (χ3v) is 4.52. The van der Waals surface area contributed by atoms with Crippen LogP contribution in [0.5, 0.6) is 11.5 Å². The molecular formula is C16H11BrN2O2S. The molecule has 0 spiro atoms. The Morgan fingerprint density at radius 2 is 2.14 bits per heavy atom. The fourth-order valence-electron chi connectivity index (χ4n) is 2.53. The highest BCUT2D eigenvalue weighted by Crippen LogP contribution is 2.39. The maximum atomic E-state index is 5.52. The Labute approximate surface area is 141 Å². The summed E-state index contributed by atoms with van der Waals surface area (Å²) < 4.78 is 11.8. The Bertz CT molecular complexity index is 820. The zero-order valence-electron chi connectivity index (χ0n) is 11.4. The molecule has 0 saturated carbocycles. The molecule has 0 atom stereocenters. The lowest BCUT2D eigenvalue weighted by Gasteiger charge is -2.04. The molecular weight excluding hydrogens is 364 g/mol. The lowest BCUT2D eigenvalue weighted by atomic mass is 10.1.